The number of carbonyl (C=O) groups is 2. The van der Waals surface area contributed by atoms with Crippen molar-refractivity contribution in [2.75, 3.05) is 5.73 Å². The molecule has 0 aliphatic heterocycles. The first-order chi connectivity index (χ1) is 9.04. The number of anilines is 1. The molecule has 0 aromatic heterocycles. The Labute approximate surface area is 111 Å². The molecule has 0 aliphatic carbocycles. The Morgan fingerprint density at radius 1 is 1.42 bits per heavy atom. The number of benzene rings is 1. The lowest BCUT2D eigenvalue weighted by Gasteiger charge is -2.15. The first-order valence-electron chi connectivity index (χ1n) is 5.76. The average molecular weight is 263 g/mol. The second kappa shape index (κ2) is 7.05. The number of carbonyl (C=O) groups excluding carboxylic acids is 1. The zero-order chi connectivity index (χ0) is 14.3. The molecular formula is C13H17N3O3. The summed E-state index contributed by atoms with van der Waals surface area (Å²) in [5.41, 5.74) is 7.10. The molecule has 1 rings (SSSR count). The van der Waals surface area contributed by atoms with Crippen molar-refractivity contribution in [1.82, 2.24) is 10.6 Å². The Bertz CT molecular complexity index is 474. The minimum Gasteiger partial charge on any atom is -0.465 e. The van der Waals surface area contributed by atoms with E-state index in [9.17, 15) is 9.59 Å². The topological polar surface area (TPSA) is 104 Å². The fraction of sp³-hybridized carbons (Fsp3) is 0.231. The van der Waals surface area contributed by atoms with E-state index in [0.29, 0.717) is 5.69 Å². The number of rotatable bonds is 6. The second-order valence-corrected chi connectivity index (χ2v) is 3.94. The van der Waals surface area contributed by atoms with Crippen LogP contribution in [0.15, 0.2) is 36.9 Å². The molecule has 0 bridgehead atoms. The SMILES string of the molecule is C=CCC(NC(=O)O)C(=O)NCc1ccccc1N. The summed E-state index contributed by atoms with van der Waals surface area (Å²) in [5.74, 6) is -0.412. The van der Waals surface area contributed by atoms with Crippen LogP contribution in [0.1, 0.15) is 12.0 Å². The van der Waals surface area contributed by atoms with Gasteiger partial charge in [0.2, 0.25) is 5.91 Å². The van der Waals surface area contributed by atoms with Gasteiger partial charge in [-0.05, 0) is 18.1 Å². The summed E-state index contributed by atoms with van der Waals surface area (Å²) in [6.45, 7) is 3.74. The van der Waals surface area contributed by atoms with Gasteiger partial charge in [0.1, 0.15) is 6.04 Å². The van der Waals surface area contributed by atoms with E-state index in [1.807, 2.05) is 6.07 Å². The predicted molar refractivity (Wildman–Crippen MR) is 72.5 cm³/mol. The first kappa shape index (κ1) is 14.6. The number of amides is 2. The van der Waals surface area contributed by atoms with Gasteiger partial charge in [0.05, 0.1) is 0 Å². The van der Waals surface area contributed by atoms with E-state index in [1.165, 1.54) is 6.08 Å². The number of hydrogen-bond acceptors (Lipinski definition) is 3. The Hall–Kier alpha value is -2.50. The number of nitrogens with one attached hydrogen (secondary N) is 2. The molecule has 0 aliphatic rings. The highest BCUT2D eigenvalue weighted by Gasteiger charge is 2.18. The van der Waals surface area contributed by atoms with E-state index < -0.39 is 18.0 Å². The van der Waals surface area contributed by atoms with Gasteiger partial charge in [0.15, 0.2) is 0 Å². The molecule has 1 unspecified atom stereocenters. The smallest absolute Gasteiger partial charge is 0.405 e. The highest BCUT2D eigenvalue weighted by molar-refractivity contribution is 5.85. The third-order valence-corrected chi connectivity index (χ3v) is 2.52. The van der Waals surface area contributed by atoms with Crippen molar-refractivity contribution in [2.45, 2.75) is 19.0 Å². The van der Waals surface area contributed by atoms with Gasteiger partial charge in [0, 0.05) is 12.2 Å². The van der Waals surface area contributed by atoms with Crippen LogP contribution in [-0.4, -0.2) is 23.1 Å². The van der Waals surface area contributed by atoms with E-state index in [-0.39, 0.29) is 13.0 Å². The third-order valence-electron chi connectivity index (χ3n) is 2.52. The van der Waals surface area contributed by atoms with Gasteiger partial charge >= 0.3 is 6.09 Å². The Balaban J connectivity index is 2.59. The number of hydrogen-bond donors (Lipinski definition) is 4. The molecule has 0 spiro atoms. The Kier molecular flexibility index (Phi) is 5.40. The number of para-hydroxylation sites is 1. The highest BCUT2D eigenvalue weighted by Crippen LogP contribution is 2.09. The van der Waals surface area contributed by atoms with Crippen molar-refractivity contribution in [1.29, 1.82) is 0 Å². The van der Waals surface area contributed by atoms with Crippen LogP contribution in [0.2, 0.25) is 0 Å². The van der Waals surface area contributed by atoms with Crippen LogP contribution in [0.4, 0.5) is 10.5 Å². The standard InChI is InChI=1S/C13H17N3O3/c1-2-5-11(16-13(18)19)12(17)15-8-9-6-3-4-7-10(9)14/h2-4,6-7,11,16H,1,5,8,14H2,(H,15,17)(H,18,19). The molecule has 0 saturated carbocycles. The molecule has 19 heavy (non-hydrogen) atoms. The van der Waals surface area contributed by atoms with Gasteiger partial charge in [-0.25, -0.2) is 4.79 Å². The molecule has 102 valence electrons. The van der Waals surface area contributed by atoms with Gasteiger partial charge in [-0.1, -0.05) is 24.3 Å². The Morgan fingerprint density at radius 2 is 2.11 bits per heavy atom. The molecule has 1 aromatic carbocycles. The van der Waals surface area contributed by atoms with Gasteiger partial charge in [-0.15, -0.1) is 6.58 Å². The monoisotopic (exact) mass is 263 g/mol. The Morgan fingerprint density at radius 3 is 2.68 bits per heavy atom. The lowest BCUT2D eigenvalue weighted by Crippen LogP contribution is -2.45. The number of nitrogen functional groups attached to an aromatic ring is 1. The molecule has 2 amide bonds. The maximum atomic E-state index is 11.8. The van der Waals surface area contributed by atoms with E-state index in [1.54, 1.807) is 18.2 Å². The molecule has 0 radical (unpaired) electrons. The molecule has 6 heteroatoms. The normalized spacial score (nSPS) is 11.4. The summed E-state index contributed by atoms with van der Waals surface area (Å²) in [7, 11) is 0. The van der Waals surface area contributed by atoms with E-state index in [4.69, 9.17) is 10.8 Å². The van der Waals surface area contributed by atoms with E-state index in [0.717, 1.165) is 5.56 Å². The molecule has 5 N–H and O–H groups in total. The molecule has 1 aromatic rings. The summed E-state index contributed by atoms with van der Waals surface area (Å²) in [4.78, 5) is 22.4. The fourth-order valence-electron chi connectivity index (χ4n) is 1.55. The van der Waals surface area contributed by atoms with Gasteiger partial charge in [0.25, 0.3) is 0 Å². The molecule has 6 nitrogen and oxygen atoms in total. The molecular weight excluding hydrogens is 246 g/mol. The predicted octanol–water partition coefficient (Wildman–Crippen LogP) is 1.10. The summed E-state index contributed by atoms with van der Waals surface area (Å²) < 4.78 is 0. The minimum atomic E-state index is -1.25. The van der Waals surface area contributed by atoms with Crippen LogP contribution in [0.3, 0.4) is 0 Å². The van der Waals surface area contributed by atoms with Crippen molar-refractivity contribution in [3.05, 3.63) is 42.5 Å². The molecule has 0 heterocycles. The largest absolute Gasteiger partial charge is 0.465 e. The van der Waals surface area contributed by atoms with Crippen molar-refractivity contribution in [3.63, 3.8) is 0 Å². The second-order valence-electron chi connectivity index (χ2n) is 3.94. The van der Waals surface area contributed by atoms with E-state index >= 15 is 0 Å². The van der Waals surface area contributed by atoms with Crippen molar-refractivity contribution < 1.29 is 14.7 Å². The molecule has 0 saturated heterocycles. The zero-order valence-corrected chi connectivity index (χ0v) is 10.4. The van der Waals surface area contributed by atoms with Crippen LogP contribution < -0.4 is 16.4 Å². The van der Waals surface area contributed by atoms with Crippen LogP contribution in [-0.2, 0) is 11.3 Å². The van der Waals surface area contributed by atoms with Crippen LogP contribution in [0.5, 0.6) is 0 Å². The highest BCUT2D eigenvalue weighted by atomic mass is 16.4. The van der Waals surface area contributed by atoms with E-state index in [2.05, 4.69) is 17.2 Å². The number of nitrogens with two attached hydrogens (primary N) is 1. The third kappa shape index (κ3) is 4.71. The number of carboxylic acid groups (broad SMARTS) is 1. The van der Waals surface area contributed by atoms with Crippen molar-refractivity contribution in [2.24, 2.45) is 0 Å². The first-order valence-corrected chi connectivity index (χ1v) is 5.76. The van der Waals surface area contributed by atoms with Crippen LogP contribution in [0, 0.1) is 0 Å². The maximum absolute atomic E-state index is 11.8. The van der Waals surface area contributed by atoms with Crippen molar-refractivity contribution >= 4 is 17.7 Å². The minimum absolute atomic E-state index is 0.225. The quantitative estimate of drug-likeness (QED) is 0.455. The molecule has 0 fully saturated rings. The van der Waals surface area contributed by atoms with Crippen molar-refractivity contribution in [3.8, 4) is 0 Å². The lowest BCUT2D eigenvalue weighted by atomic mass is 10.1. The van der Waals surface area contributed by atoms with Crippen LogP contribution in [0.25, 0.3) is 0 Å². The summed E-state index contributed by atoms with van der Waals surface area (Å²) >= 11 is 0. The van der Waals surface area contributed by atoms with Gasteiger partial charge in [-0.2, -0.15) is 0 Å². The van der Waals surface area contributed by atoms with Gasteiger partial charge < -0.3 is 21.5 Å². The van der Waals surface area contributed by atoms with Crippen LogP contribution >= 0.6 is 0 Å². The summed E-state index contributed by atoms with van der Waals surface area (Å²) in [5, 5.41) is 13.4. The molecule has 1 atom stereocenters. The lowest BCUT2D eigenvalue weighted by molar-refractivity contribution is -0.123. The summed E-state index contributed by atoms with van der Waals surface area (Å²) in [6, 6.07) is 6.29. The maximum Gasteiger partial charge on any atom is 0.405 e. The fourth-order valence-corrected chi connectivity index (χ4v) is 1.55. The van der Waals surface area contributed by atoms with Gasteiger partial charge in [-0.3, -0.25) is 4.79 Å². The zero-order valence-electron chi connectivity index (χ0n) is 10.4. The average Bonchev–Trinajstić information content (AvgIpc) is 2.36. The summed E-state index contributed by atoms with van der Waals surface area (Å²) in [6.07, 6.45) is 0.459.